The number of amides is 1. The van der Waals surface area contributed by atoms with Crippen LogP contribution < -0.4 is 10.6 Å². The summed E-state index contributed by atoms with van der Waals surface area (Å²) in [5.74, 6) is 0.106. The lowest BCUT2D eigenvalue weighted by molar-refractivity contribution is -0.136. The zero-order valence-electron chi connectivity index (χ0n) is 12.1. The second kappa shape index (κ2) is 5.95. The third-order valence-electron chi connectivity index (χ3n) is 3.89. The predicted octanol–water partition coefficient (Wildman–Crippen LogP) is 3.67. The van der Waals surface area contributed by atoms with Crippen LogP contribution in [0.3, 0.4) is 0 Å². The number of halogens is 3. The van der Waals surface area contributed by atoms with E-state index in [0.29, 0.717) is 5.92 Å². The van der Waals surface area contributed by atoms with Crippen LogP contribution in [0.1, 0.15) is 42.1 Å². The van der Waals surface area contributed by atoms with E-state index in [1.807, 2.05) is 0 Å². The molecule has 2 rings (SSSR count). The van der Waals surface area contributed by atoms with Crippen molar-refractivity contribution < 1.29 is 18.0 Å². The molecular formula is C15H19F3N2O. The zero-order valence-corrected chi connectivity index (χ0v) is 12.1. The van der Waals surface area contributed by atoms with Crippen LogP contribution in [0.4, 0.5) is 18.9 Å². The summed E-state index contributed by atoms with van der Waals surface area (Å²) in [5, 5.41) is 5.31. The molecule has 116 valence electrons. The highest BCUT2D eigenvalue weighted by atomic mass is 19.4. The number of hydrogen-bond donors (Lipinski definition) is 2. The largest absolute Gasteiger partial charge is 0.418 e. The van der Waals surface area contributed by atoms with Crippen molar-refractivity contribution in [2.75, 3.05) is 12.4 Å². The minimum Gasteiger partial charge on any atom is -0.388 e. The van der Waals surface area contributed by atoms with Gasteiger partial charge in [0, 0.05) is 24.3 Å². The van der Waals surface area contributed by atoms with Crippen molar-refractivity contribution in [2.24, 2.45) is 5.92 Å². The van der Waals surface area contributed by atoms with Gasteiger partial charge in [0.15, 0.2) is 0 Å². The molecule has 0 aliphatic heterocycles. The highest BCUT2D eigenvalue weighted by molar-refractivity contribution is 5.95. The molecule has 0 spiro atoms. The van der Waals surface area contributed by atoms with Crippen LogP contribution in [0.15, 0.2) is 18.2 Å². The smallest absolute Gasteiger partial charge is 0.388 e. The summed E-state index contributed by atoms with van der Waals surface area (Å²) in [6, 6.07) is 3.66. The van der Waals surface area contributed by atoms with Crippen LogP contribution in [-0.4, -0.2) is 19.0 Å². The molecule has 2 unspecified atom stereocenters. The van der Waals surface area contributed by atoms with E-state index < -0.39 is 17.6 Å². The fourth-order valence-electron chi connectivity index (χ4n) is 2.74. The van der Waals surface area contributed by atoms with Crippen molar-refractivity contribution in [3.8, 4) is 0 Å². The lowest BCUT2D eigenvalue weighted by Gasteiger charge is -2.16. The summed E-state index contributed by atoms with van der Waals surface area (Å²) in [6.45, 7) is 2.11. The summed E-state index contributed by atoms with van der Waals surface area (Å²) in [5.41, 5.74) is -0.813. The maximum Gasteiger partial charge on any atom is 0.418 e. The molecule has 0 aromatic heterocycles. The van der Waals surface area contributed by atoms with Gasteiger partial charge in [-0.3, -0.25) is 4.79 Å². The van der Waals surface area contributed by atoms with Gasteiger partial charge in [0.1, 0.15) is 0 Å². The minimum atomic E-state index is -4.49. The van der Waals surface area contributed by atoms with E-state index in [9.17, 15) is 18.0 Å². The molecule has 0 bridgehead atoms. The maximum absolute atomic E-state index is 13.0. The Morgan fingerprint density at radius 1 is 1.29 bits per heavy atom. The third kappa shape index (κ3) is 3.68. The molecule has 1 aliphatic rings. The molecule has 1 fully saturated rings. The predicted molar refractivity (Wildman–Crippen MR) is 75.3 cm³/mol. The summed E-state index contributed by atoms with van der Waals surface area (Å²) in [4.78, 5) is 12.1. The first-order chi connectivity index (χ1) is 9.81. The summed E-state index contributed by atoms with van der Waals surface area (Å²) in [7, 11) is 1.42. The maximum atomic E-state index is 13.0. The normalized spacial score (nSPS) is 22.1. The van der Waals surface area contributed by atoms with E-state index in [-0.39, 0.29) is 17.3 Å². The van der Waals surface area contributed by atoms with Crippen molar-refractivity contribution in [2.45, 2.75) is 38.4 Å². The molecule has 6 heteroatoms. The Hall–Kier alpha value is -1.72. The average Bonchev–Trinajstić information content (AvgIpc) is 2.82. The Morgan fingerprint density at radius 3 is 2.52 bits per heavy atom. The van der Waals surface area contributed by atoms with Gasteiger partial charge in [-0.15, -0.1) is 0 Å². The number of carbonyl (C=O) groups excluding carboxylic acids is 1. The van der Waals surface area contributed by atoms with Gasteiger partial charge >= 0.3 is 6.18 Å². The number of alkyl halides is 3. The first-order valence-corrected chi connectivity index (χ1v) is 7.01. The van der Waals surface area contributed by atoms with E-state index in [4.69, 9.17) is 0 Å². The molecule has 2 N–H and O–H groups in total. The van der Waals surface area contributed by atoms with Gasteiger partial charge in [0.2, 0.25) is 0 Å². The van der Waals surface area contributed by atoms with Gasteiger partial charge in [-0.1, -0.05) is 6.92 Å². The van der Waals surface area contributed by atoms with Gasteiger partial charge in [-0.05, 0) is 43.4 Å². The Kier molecular flexibility index (Phi) is 4.44. The fourth-order valence-corrected chi connectivity index (χ4v) is 2.74. The summed E-state index contributed by atoms with van der Waals surface area (Å²) >= 11 is 0. The monoisotopic (exact) mass is 300 g/mol. The molecule has 0 radical (unpaired) electrons. The number of nitrogens with one attached hydrogen (secondary N) is 2. The van der Waals surface area contributed by atoms with E-state index in [2.05, 4.69) is 17.6 Å². The number of carbonyl (C=O) groups is 1. The van der Waals surface area contributed by atoms with Crippen LogP contribution in [0.2, 0.25) is 0 Å². The molecule has 1 amide bonds. The number of anilines is 1. The Balaban J connectivity index is 2.18. The molecule has 1 aliphatic carbocycles. The first-order valence-electron chi connectivity index (χ1n) is 7.01. The van der Waals surface area contributed by atoms with Crippen molar-refractivity contribution in [1.82, 2.24) is 5.32 Å². The van der Waals surface area contributed by atoms with Crippen molar-refractivity contribution in [1.29, 1.82) is 0 Å². The highest BCUT2D eigenvalue weighted by Gasteiger charge is 2.34. The van der Waals surface area contributed by atoms with Gasteiger partial charge in [0.25, 0.3) is 5.91 Å². The fraction of sp³-hybridized carbons (Fsp3) is 0.533. The van der Waals surface area contributed by atoms with Crippen LogP contribution in [0.5, 0.6) is 0 Å². The van der Waals surface area contributed by atoms with Crippen LogP contribution in [0.25, 0.3) is 0 Å². The molecule has 21 heavy (non-hydrogen) atoms. The number of hydrogen-bond acceptors (Lipinski definition) is 2. The zero-order chi connectivity index (χ0) is 15.6. The van der Waals surface area contributed by atoms with Gasteiger partial charge in [0.05, 0.1) is 5.56 Å². The SMILES string of the molecule is CNc1ccc(C(=O)NC2CCC(C)C2)cc1C(F)(F)F. The molecule has 1 aromatic rings. The number of rotatable bonds is 3. The lowest BCUT2D eigenvalue weighted by atomic mass is 10.1. The van der Waals surface area contributed by atoms with Crippen molar-refractivity contribution in [3.05, 3.63) is 29.3 Å². The lowest BCUT2D eigenvalue weighted by Crippen LogP contribution is -2.33. The number of benzene rings is 1. The van der Waals surface area contributed by atoms with E-state index >= 15 is 0 Å². The first kappa shape index (κ1) is 15.7. The standard InChI is InChI=1S/C15H19F3N2O/c1-9-3-5-11(7-9)20-14(21)10-4-6-13(19-2)12(8-10)15(16,17)18/h4,6,8-9,11,19H,3,5,7H2,1-2H3,(H,20,21). The molecule has 2 atom stereocenters. The molecule has 0 heterocycles. The van der Waals surface area contributed by atoms with Crippen LogP contribution >= 0.6 is 0 Å². The average molecular weight is 300 g/mol. The minimum absolute atomic E-state index is 0.0338. The molecule has 1 aromatic carbocycles. The van der Waals surface area contributed by atoms with Gasteiger partial charge < -0.3 is 10.6 Å². The van der Waals surface area contributed by atoms with Gasteiger partial charge in [-0.25, -0.2) is 0 Å². The second-order valence-electron chi connectivity index (χ2n) is 5.60. The van der Waals surface area contributed by atoms with Crippen molar-refractivity contribution in [3.63, 3.8) is 0 Å². The molecule has 0 saturated heterocycles. The van der Waals surface area contributed by atoms with E-state index in [1.54, 1.807) is 0 Å². The Bertz CT molecular complexity index is 528. The van der Waals surface area contributed by atoms with Gasteiger partial charge in [-0.2, -0.15) is 13.2 Å². The quantitative estimate of drug-likeness (QED) is 0.894. The van der Waals surface area contributed by atoms with E-state index in [0.717, 1.165) is 25.3 Å². The topological polar surface area (TPSA) is 41.1 Å². The summed E-state index contributed by atoms with van der Waals surface area (Å²) < 4.78 is 38.9. The Labute approximate surface area is 121 Å². The van der Waals surface area contributed by atoms with Crippen LogP contribution in [-0.2, 0) is 6.18 Å². The molecular weight excluding hydrogens is 281 g/mol. The van der Waals surface area contributed by atoms with E-state index in [1.165, 1.54) is 19.2 Å². The molecule has 1 saturated carbocycles. The molecule has 3 nitrogen and oxygen atoms in total. The highest BCUT2D eigenvalue weighted by Crippen LogP contribution is 2.35. The summed E-state index contributed by atoms with van der Waals surface area (Å²) in [6.07, 6.45) is -1.69. The van der Waals surface area contributed by atoms with Crippen LogP contribution in [0, 0.1) is 5.92 Å². The third-order valence-corrected chi connectivity index (χ3v) is 3.89. The Morgan fingerprint density at radius 2 is 2.00 bits per heavy atom. The van der Waals surface area contributed by atoms with Crippen molar-refractivity contribution >= 4 is 11.6 Å². The second-order valence-corrected chi connectivity index (χ2v) is 5.60.